The van der Waals surface area contributed by atoms with E-state index < -0.39 is 6.04 Å². The molecule has 132 valence electrons. The second-order valence-corrected chi connectivity index (χ2v) is 6.59. The van der Waals surface area contributed by atoms with Crippen molar-refractivity contribution in [2.75, 3.05) is 19.7 Å². The summed E-state index contributed by atoms with van der Waals surface area (Å²) in [7, 11) is 0. The maximum atomic E-state index is 12.5. The predicted molar refractivity (Wildman–Crippen MR) is 93.8 cm³/mol. The Morgan fingerprint density at radius 2 is 1.83 bits per heavy atom. The summed E-state index contributed by atoms with van der Waals surface area (Å²) in [6.45, 7) is 6.05. The lowest BCUT2D eigenvalue weighted by Crippen LogP contribution is -2.50. The molecule has 0 aromatic heterocycles. The van der Waals surface area contributed by atoms with Gasteiger partial charge in [0, 0.05) is 19.5 Å². The van der Waals surface area contributed by atoms with Gasteiger partial charge in [-0.3, -0.25) is 9.59 Å². The average molecular weight is 332 g/mol. The van der Waals surface area contributed by atoms with Crippen LogP contribution in [0.2, 0.25) is 0 Å². The lowest BCUT2D eigenvalue weighted by atomic mass is 10.0. The highest BCUT2D eigenvalue weighted by Gasteiger charge is 2.29. The minimum absolute atomic E-state index is 0.0522. The van der Waals surface area contributed by atoms with Gasteiger partial charge in [-0.15, -0.1) is 0 Å². The van der Waals surface area contributed by atoms with Crippen molar-refractivity contribution < 1.29 is 14.3 Å². The molecule has 1 heterocycles. The van der Waals surface area contributed by atoms with E-state index in [9.17, 15) is 9.59 Å². The van der Waals surface area contributed by atoms with Crippen molar-refractivity contribution >= 4 is 11.8 Å². The smallest absolute Gasteiger partial charge is 0.245 e. The van der Waals surface area contributed by atoms with Crippen molar-refractivity contribution in [3.63, 3.8) is 0 Å². The van der Waals surface area contributed by atoms with Crippen LogP contribution in [0.1, 0.15) is 39.5 Å². The number of nitrogens with one attached hydrogen (secondary N) is 1. The molecule has 1 aromatic rings. The molecule has 1 N–H and O–H groups in total. The van der Waals surface area contributed by atoms with Gasteiger partial charge in [-0.05, 0) is 37.3 Å². The van der Waals surface area contributed by atoms with Crippen LogP contribution in [0.5, 0.6) is 5.75 Å². The number of carbonyl (C=O) groups is 2. The fraction of sp³-hybridized carbons (Fsp3) is 0.579. The SMILES string of the molecule is CC(C)[C@H](NC(=O)CCCOc1ccccc1)C(=O)N1CCCC1. The molecule has 2 rings (SSSR count). The molecule has 0 aliphatic carbocycles. The van der Waals surface area contributed by atoms with Crippen LogP contribution < -0.4 is 10.1 Å². The van der Waals surface area contributed by atoms with E-state index in [1.54, 1.807) is 0 Å². The first-order chi connectivity index (χ1) is 11.6. The highest BCUT2D eigenvalue weighted by atomic mass is 16.5. The summed E-state index contributed by atoms with van der Waals surface area (Å²) in [5.41, 5.74) is 0. The zero-order valence-corrected chi connectivity index (χ0v) is 14.7. The Morgan fingerprint density at radius 3 is 2.46 bits per heavy atom. The van der Waals surface area contributed by atoms with Crippen LogP contribution in [-0.2, 0) is 9.59 Å². The first-order valence-electron chi connectivity index (χ1n) is 8.84. The normalized spacial score (nSPS) is 15.4. The molecule has 5 nitrogen and oxygen atoms in total. The summed E-state index contributed by atoms with van der Waals surface area (Å²) in [6, 6.07) is 9.13. The van der Waals surface area contributed by atoms with E-state index in [1.165, 1.54) is 0 Å². The summed E-state index contributed by atoms with van der Waals surface area (Å²) in [6.07, 6.45) is 3.11. The molecule has 0 radical (unpaired) electrons. The quantitative estimate of drug-likeness (QED) is 0.745. The van der Waals surface area contributed by atoms with Crippen LogP contribution in [0.15, 0.2) is 30.3 Å². The van der Waals surface area contributed by atoms with E-state index in [-0.39, 0.29) is 17.7 Å². The molecule has 1 fully saturated rings. The number of hydrogen-bond donors (Lipinski definition) is 1. The first-order valence-corrected chi connectivity index (χ1v) is 8.84. The van der Waals surface area contributed by atoms with Gasteiger partial charge in [0.2, 0.25) is 11.8 Å². The second-order valence-electron chi connectivity index (χ2n) is 6.59. The maximum Gasteiger partial charge on any atom is 0.245 e. The molecule has 1 aromatic carbocycles. The first kappa shape index (κ1) is 18.3. The van der Waals surface area contributed by atoms with Gasteiger partial charge in [0.1, 0.15) is 11.8 Å². The van der Waals surface area contributed by atoms with E-state index in [2.05, 4.69) is 5.32 Å². The number of ether oxygens (including phenoxy) is 1. The molecule has 2 amide bonds. The topological polar surface area (TPSA) is 58.6 Å². The number of carbonyl (C=O) groups excluding carboxylic acids is 2. The van der Waals surface area contributed by atoms with Crippen molar-refractivity contribution in [1.29, 1.82) is 0 Å². The molecule has 5 heteroatoms. The van der Waals surface area contributed by atoms with Crippen molar-refractivity contribution in [3.05, 3.63) is 30.3 Å². The van der Waals surface area contributed by atoms with Crippen molar-refractivity contribution in [1.82, 2.24) is 10.2 Å². The van der Waals surface area contributed by atoms with Crippen LogP contribution in [0.25, 0.3) is 0 Å². The summed E-state index contributed by atoms with van der Waals surface area (Å²) in [4.78, 5) is 26.5. The average Bonchev–Trinajstić information content (AvgIpc) is 3.11. The van der Waals surface area contributed by atoms with E-state index >= 15 is 0 Å². The maximum absolute atomic E-state index is 12.5. The molecule has 1 aliphatic rings. The molecule has 1 atom stereocenters. The molecule has 0 spiro atoms. The molecule has 0 saturated carbocycles. The summed E-state index contributed by atoms with van der Waals surface area (Å²) in [5, 5.41) is 2.91. The van der Waals surface area contributed by atoms with Crippen LogP contribution in [-0.4, -0.2) is 42.5 Å². The highest BCUT2D eigenvalue weighted by Crippen LogP contribution is 2.13. The number of nitrogens with zero attached hydrogens (tertiary/aromatic N) is 1. The number of para-hydroxylation sites is 1. The number of likely N-dealkylation sites (tertiary alicyclic amines) is 1. The molecule has 24 heavy (non-hydrogen) atoms. The molecule has 0 unspecified atom stereocenters. The molecule has 1 saturated heterocycles. The third kappa shape index (κ3) is 5.55. The van der Waals surface area contributed by atoms with Crippen LogP contribution in [0.3, 0.4) is 0 Å². The Kier molecular flexibility index (Phi) is 7.09. The Bertz CT molecular complexity index is 525. The Balaban J connectivity index is 1.73. The second kappa shape index (κ2) is 9.30. The van der Waals surface area contributed by atoms with E-state index in [1.807, 2.05) is 49.1 Å². The van der Waals surface area contributed by atoms with Gasteiger partial charge in [0.15, 0.2) is 0 Å². The van der Waals surface area contributed by atoms with Gasteiger partial charge in [-0.1, -0.05) is 32.0 Å². The van der Waals surface area contributed by atoms with Gasteiger partial charge in [0.05, 0.1) is 6.61 Å². The lowest BCUT2D eigenvalue weighted by molar-refractivity contribution is -0.136. The third-order valence-corrected chi connectivity index (χ3v) is 4.23. The number of hydrogen-bond acceptors (Lipinski definition) is 3. The van der Waals surface area contributed by atoms with E-state index in [0.29, 0.717) is 19.4 Å². The van der Waals surface area contributed by atoms with Gasteiger partial charge in [-0.2, -0.15) is 0 Å². The van der Waals surface area contributed by atoms with Crippen LogP contribution >= 0.6 is 0 Å². The monoisotopic (exact) mass is 332 g/mol. The highest BCUT2D eigenvalue weighted by molar-refractivity contribution is 5.88. The fourth-order valence-electron chi connectivity index (χ4n) is 2.83. The molecule has 0 bridgehead atoms. The molecular weight excluding hydrogens is 304 g/mol. The minimum atomic E-state index is -0.425. The summed E-state index contributed by atoms with van der Waals surface area (Å²) >= 11 is 0. The predicted octanol–water partition coefficient (Wildman–Crippen LogP) is 2.61. The standard InChI is InChI=1S/C19H28N2O3/c1-15(2)18(19(23)21-12-6-7-13-21)20-17(22)11-8-14-24-16-9-4-3-5-10-16/h3-5,9-10,15,18H,6-8,11-14H2,1-2H3,(H,20,22)/t18-/m0/s1. The van der Waals surface area contributed by atoms with Gasteiger partial charge in [0.25, 0.3) is 0 Å². The van der Waals surface area contributed by atoms with Crippen molar-refractivity contribution in [3.8, 4) is 5.75 Å². The summed E-state index contributed by atoms with van der Waals surface area (Å²) in [5.74, 6) is 0.860. The third-order valence-electron chi connectivity index (χ3n) is 4.23. The van der Waals surface area contributed by atoms with Crippen LogP contribution in [0, 0.1) is 5.92 Å². The number of benzene rings is 1. The zero-order chi connectivity index (χ0) is 17.4. The number of rotatable bonds is 8. The summed E-state index contributed by atoms with van der Waals surface area (Å²) < 4.78 is 5.58. The Hall–Kier alpha value is -2.04. The van der Waals surface area contributed by atoms with E-state index in [0.717, 1.165) is 31.7 Å². The number of amides is 2. The largest absolute Gasteiger partial charge is 0.494 e. The lowest BCUT2D eigenvalue weighted by Gasteiger charge is -2.26. The van der Waals surface area contributed by atoms with Crippen LogP contribution in [0.4, 0.5) is 0 Å². The van der Waals surface area contributed by atoms with Gasteiger partial charge in [-0.25, -0.2) is 0 Å². The van der Waals surface area contributed by atoms with Gasteiger partial charge < -0.3 is 15.0 Å². The molecular formula is C19H28N2O3. The minimum Gasteiger partial charge on any atom is -0.494 e. The van der Waals surface area contributed by atoms with Gasteiger partial charge >= 0.3 is 0 Å². The Labute approximate surface area is 144 Å². The zero-order valence-electron chi connectivity index (χ0n) is 14.7. The van der Waals surface area contributed by atoms with E-state index in [4.69, 9.17) is 4.74 Å². The van der Waals surface area contributed by atoms with Crippen molar-refractivity contribution in [2.45, 2.75) is 45.6 Å². The molecule has 1 aliphatic heterocycles. The Morgan fingerprint density at radius 1 is 1.17 bits per heavy atom. The fourth-order valence-corrected chi connectivity index (χ4v) is 2.83. The van der Waals surface area contributed by atoms with Crippen molar-refractivity contribution in [2.24, 2.45) is 5.92 Å².